The summed E-state index contributed by atoms with van der Waals surface area (Å²) in [6.07, 6.45) is 1.07. The number of benzene rings is 1. The summed E-state index contributed by atoms with van der Waals surface area (Å²) in [5, 5.41) is 14.8. The van der Waals surface area contributed by atoms with Crippen LogP contribution in [-0.2, 0) is 11.2 Å². The van der Waals surface area contributed by atoms with Crippen molar-refractivity contribution in [2.45, 2.75) is 19.3 Å². The average Bonchev–Trinajstić information content (AvgIpc) is 2.33. The predicted molar refractivity (Wildman–Crippen MR) is 78.4 cm³/mol. The van der Waals surface area contributed by atoms with Crippen LogP contribution in [0.15, 0.2) is 18.2 Å². The van der Waals surface area contributed by atoms with Gasteiger partial charge in [0.25, 0.3) is 0 Å². The van der Waals surface area contributed by atoms with Crippen LogP contribution in [0.2, 0.25) is 10.0 Å². The first-order valence-electron chi connectivity index (χ1n) is 6.16. The number of rotatable bonds is 7. The van der Waals surface area contributed by atoms with Crippen LogP contribution in [0.3, 0.4) is 0 Å². The van der Waals surface area contributed by atoms with E-state index in [1.54, 1.807) is 18.2 Å². The fourth-order valence-electron chi connectivity index (χ4n) is 1.58. The minimum absolute atomic E-state index is 0.0429. The molecular weight excluding hydrogens is 303 g/mol. The summed E-state index contributed by atoms with van der Waals surface area (Å²) in [6, 6.07) is 4.91. The third-order valence-corrected chi connectivity index (χ3v) is 2.91. The van der Waals surface area contributed by atoms with Crippen molar-refractivity contribution in [3.8, 4) is 0 Å². The molecule has 20 heavy (non-hydrogen) atoms. The van der Waals surface area contributed by atoms with E-state index in [9.17, 15) is 9.59 Å². The molecule has 0 unspecified atom stereocenters. The van der Waals surface area contributed by atoms with E-state index in [0.29, 0.717) is 36.0 Å². The van der Waals surface area contributed by atoms with Crippen molar-refractivity contribution >= 4 is 35.2 Å². The van der Waals surface area contributed by atoms with Crippen molar-refractivity contribution in [2.24, 2.45) is 0 Å². The second-order valence-corrected chi connectivity index (χ2v) is 5.08. The molecular formula is C13H16Cl2N2O3. The van der Waals surface area contributed by atoms with Crippen LogP contribution in [0, 0.1) is 0 Å². The van der Waals surface area contributed by atoms with Crippen molar-refractivity contribution in [3.63, 3.8) is 0 Å². The number of hydrogen-bond donors (Lipinski definition) is 3. The van der Waals surface area contributed by atoms with Gasteiger partial charge in [-0.2, -0.15) is 0 Å². The van der Waals surface area contributed by atoms with Gasteiger partial charge in [-0.3, -0.25) is 4.79 Å². The molecule has 0 radical (unpaired) electrons. The van der Waals surface area contributed by atoms with Gasteiger partial charge < -0.3 is 15.7 Å². The summed E-state index contributed by atoms with van der Waals surface area (Å²) < 4.78 is 0. The Bertz CT molecular complexity index is 460. The van der Waals surface area contributed by atoms with Gasteiger partial charge >= 0.3 is 12.0 Å². The molecule has 110 valence electrons. The molecule has 0 saturated heterocycles. The monoisotopic (exact) mass is 318 g/mol. The number of carbonyl (C=O) groups excluding carboxylic acids is 1. The first kappa shape index (κ1) is 16.6. The minimum atomic E-state index is -0.870. The van der Waals surface area contributed by atoms with E-state index >= 15 is 0 Å². The molecule has 1 rings (SSSR count). The van der Waals surface area contributed by atoms with Gasteiger partial charge in [0.15, 0.2) is 0 Å². The molecule has 0 bridgehead atoms. The Kier molecular flexibility index (Phi) is 7.18. The Balaban J connectivity index is 2.19. The van der Waals surface area contributed by atoms with E-state index in [1.807, 2.05) is 0 Å². The van der Waals surface area contributed by atoms with Gasteiger partial charge in [0.05, 0.1) is 0 Å². The van der Waals surface area contributed by atoms with Gasteiger partial charge in [0.2, 0.25) is 0 Å². The number of urea groups is 1. The largest absolute Gasteiger partial charge is 0.481 e. The van der Waals surface area contributed by atoms with Crippen LogP contribution < -0.4 is 10.6 Å². The maximum Gasteiger partial charge on any atom is 0.314 e. The first-order chi connectivity index (χ1) is 9.47. The molecule has 3 N–H and O–H groups in total. The molecule has 2 amide bonds. The molecule has 1 aromatic rings. The van der Waals surface area contributed by atoms with Crippen LogP contribution in [0.5, 0.6) is 0 Å². The third-order valence-electron chi connectivity index (χ3n) is 2.47. The number of nitrogens with one attached hydrogen (secondary N) is 2. The molecule has 0 aliphatic heterocycles. The molecule has 0 aromatic heterocycles. The lowest BCUT2D eigenvalue weighted by Gasteiger charge is -2.07. The topological polar surface area (TPSA) is 78.4 Å². The van der Waals surface area contributed by atoms with Crippen LogP contribution in [-0.4, -0.2) is 30.2 Å². The smallest absolute Gasteiger partial charge is 0.314 e. The summed E-state index contributed by atoms with van der Waals surface area (Å²) >= 11 is 11.7. The van der Waals surface area contributed by atoms with Crippen LogP contribution in [0.4, 0.5) is 4.79 Å². The summed E-state index contributed by atoms with van der Waals surface area (Å²) in [4.78, 5) is 21.7. The summed E-state index contributed by atoms with van der Waals surface area (Å²) in [7, 11) is 0. The Hall–Kier alpha value is -1.46. The SMILES string of the molecule is O=C(O)CCCNC(=O)NCCc1cc(Cl)cc(Cl)c1. The van der Waals surface area contributed by atoms with Gasteiger partial charge in [-0.05, 0) is 36.6 Å². The van der Waals surface area contributed by atoms with Crippen molar-refractivity contribution < 1.29 is 14.7 Å². The maximum atomic E-state index is 11.4. The molecule has 0 fully saturated rings. The molecule has 5 nitrogen and oxygen atoms in total. The second kappa shape index (κ2) is 8.66. The van der Waals surface area contributed by atoms with Crippen LogP contribution >= 0.6 is 23.2 Å². The second-order valence-electron chi connectivity index (χ2n) is 4.21. The number of carbonyl (C=O) groups is 2. The zero-order valence-electron chi connectivity index (χ0n) is 10.8. The zero-order chi connectivity index (χ0) is 15.0. The number of aliphatic carboxylic acids is 1. The van der Waals surface area contributed by atoms with E-state index in [1.165, 1.54) is 0 Å². The standard InChI is InChI=1S/C13H16Cl2N2O3/c14-10-6-9(7-11(15)8-10)3-5-17-13(20)16-4-1-2-12(18)19/h6-8H,1-5H2,(H,18,19)(H2,16,17,20). The van der Waals surface area contributed by atoms with Crippen molar-refractivity contribution in [1.82, 2.24) is 10.6 Å². The van der Waals surface area contributed by atoms with E-state index in [-0.39, 0.29) is 12.5 Å². The maximum absolute atomic E-state index is 11.4. The average molecular weight is 319 g/mol. The Morgan fingerprint density at radius 2 is 1.65 bits per heavy atom. The Morgan fingerprint density at radius 1 is 1.05 bits per heavy atom. The highest BCUT2D eigenvalue weighted by molar-refractivity contribution is 6.34. The van der Waals surface area contributed by atoms with E-state index < -0.39 is 5.97 Å². The van der Waals surface area contributed by atoms with E-state index in [0.717, 1.165) is 5.56 Å². The van der Waals surface area contributed by atoms with Crippen molar-refractivity contribution in [3.05, 3.63) is 33.8 Å². The lowest BCUT2D eigenvalue weighted by molar-refractivity contribution is -0.137. The lowest BCUT2D eigenvalue weighted by atomic mass is 10.1. The molecule has 1 aromatic carbocycles. The Labute approximate surface area is 127 Å². The molecule has 0 aliphatic carbocycles. The molecule has 7 heteroatoms. The zero-order valence-corrected chi connectivity index (χ0v) is 12.3. The number of carboxylic acids is 1. The van der Waals surface area contributed by atoms with Crippen LogP contribution in [0.25, 0.3) is 0 Å². The molecule has 0 aliphatic rings. The van der Waals surface area contributed by atoms with Gasteiger partial charge in [-0.25, -0.2) is 4.79 Å². The highest BCUT2D eigenvalue weighted by Crippen LogP contribution is 2.19. The summed E-state index contributed by atoms with van der Waals surface area (Å²) in [6.45, 7) is 0.780. The molecule has 0 atom stereocenters. The highest BCUT2D eigenvalue weighted by atomic mass is 35.5. The fourth-order valence-corrected chi connectivity index (χ4v) is 2.15. The van der Waals surface area contributed by atoms with Crippen molar-refractivity contribution in [2.75, 3.05) is 13.1 Å². The summed E-state index contributed by atoms with van der Waals surface area (Å²) in [5.74, 6) is -0.870. The highest BCUT2D eigenvalue weighted by Gasteiger charge is 2.02. The molecule has 0 heterocycles. The van der Waals surface area contributed by atoms with E-state index in [4.69, 9.17) is 28.3 Å². The van der Waals surface area contributed by atoms with Gasteiger partial charge in [-0.1, -0.05) is 23.2 Å². The fraction of sp³-hybridized carbons (Fsp3) is 0.385. The number of hydrogen-bond acceptors (Lipinski definition) is 2. The third kappa shape index (κ3) is 7.21. The first-order valence-corrected chi connectivity index (χ1v) is 6.91. The van der Waals surface area contributed by atoms with Gasteiger partial charge in [0.1, 0.15) is 0 Å². The van der Waals surface area contributed by atoms with Gasteiger partial charge in [0, 0.05) is 29.6 Å². The summed E-state index contributed by atoms with van der Waals surface area (Å²) in [5.41, 5.74) is 0.939. The van der Waals surface area contributed by atoms with Crippen LogP contribution in [0.1, 0.15) is 18.4 Å². The number of amides is 2. The van der Waals surface area contributed by atoms with Crippen molar-refractivity contribution in [1.29, 1.82) is 0 Å². The number of halogens is 2. The predicted octanol–water partition coefficient (Wildman–Crippen LogP) is 2.70. The molecule has 0 saturated carbocycles. The Morgan fingerprint density at radius 3 is 2.25 bits per heavy atom. The lowest BCUT2D eigenvalue weighted by Crippen LogP contribution is -2.37. The molecule has 0 spiro atoms. The van der Waals surface area contributed by atoms with Gasteiger partial charge in [-0.15, -0.1) is 0 Å². The van der Waals surface area contributed by atoms with E-state index in [2.05, 4.69) is 10.6 Å². The normalized spacial score (nSPS) is 10.1. The minimum Gasteiger partial charge on any atom is -0.481 e. The quantitative estimate of drug-likeness (QED) is 0.676. The number of carboxylic acid groups (broad SMARTS) is 1.